The van der Waals surface area contributed by atoms with Crippen molar-refractivity contribution in [2.75, 3.05) is 52.5 Å². The summed E-state index contributed by atoms with van der Waals surface area (Å²) in [4.78, 5) is 31.0. The van der Waals surface area contributed by atoms with E-state index in [0.717, 1.165) is 23.1 Å². The minimum atomic E-state index is -0.886. The predicted molar refractivity (Wildman–Crippen MR) is 124 cm³/mol. The summed E-state index contributed by atoms with van der Waals surface area (Å²) in [5.41, 5.74) is 2.41. The fourth-order valence-corrected chi connectivity index (χ4v) is 5.25. The number of amides is 2. The number of fused-ring (bicyclic) bond motifs is 1. The van der Waals surface area contributed by atoms with E-state index in [0.29, 0.717) is 64.1 Å². The maximum atomic E-state index is 13.3. The summed E-state index contributed by atoms with van der Waals surface area (Å²) in [6.45, 7) is 10.5. The van der Waals surface area contributed by atoms with Gasteiger partial charge >= 0.3 is 12.0 Å². The second-order valence-corrected chi connectivity index (χ2v) is 10.4. The molecular weight excluding hydrogens is 446 g/mol. The number of hydrogen-bond acceptors (Lipinski definition) is 5. The number of urea groups is 1. The van der Waals surface area contributed by atoms with Gasteiger partial charge in [0.2, 0.25) is 0 Å². The van der Waals surface area contributed by atoms with Gasteiger partial charge in [0, 0.05) is 44.3 Å². The average Bonchev–Trinajstić information content (AvgIpc) is 2.78. The molecule has 0 aliphatic carbocycles. The Bertz CT molecular complexity index is 908. The molecule has 0 radical (unpaired) electrons. The molecule has 9 heteroatoms. The molecule has 8 nitrogen and oxygen atoms in total. The van der Waals surface area contributed by atoms with E-state index in [1.54, 1.807) is 13.8 Å². The number of carbonyl (C=O) groups is 2. The molecule has 3 heterocycles. The third-order valence-electron chi connectivity index (χ3n) is 6.90. The third-order valence-corrected chi connectivity index (χ3v) is 7.12. The highest BCUT2D eigenvalue weighted by Gasteiger charge is 2.37. The van der Waals surface area contributed by atoms with E-state index in [1.165, 1.54) is 0 Å². The molecule has 3 aliphatic rings. The van der Waals surface area contributed by atoms with Gasteiger partial charge in [0.05, 0.1) is 37.4 Å². The molecular formula is C24H34ClN3O5. The molecule has 2 amide bonds. The Kier molecular flexibility index (Phi) is 7.19. The van der Waals surface area contributed by atoms with E-state index in [1.807, 2.05) is 28.9 Å². The number of benzene rings is 1. The van der Waals surface area contributed by atoms with Gasteiger partial charge in [0.25, 0.3) is 0 Å². The quantitative estimate of drug-likeness (QED) is 0.714. The Labute approximate surface area is 200 Å². The minimum absolute atomic E-state index is 0.0414. The van der Waals surface area contributed by atoms with Gasteiger partial charge in [0.15, 0.2) is 0 Å². The van der Waals surface area contributed by atoms with Gasteiger partial charge in [-0.15, -0.1) is 0 Å². The van der Waals surface area contributed by atoms with Crippen LogP contribution in [0.3, 0.4) is 0 Å². The van der Waals surface area contributed by atoms with Gasteiger partial charge in [-0.1, -0.05) is 11.6 Å². The molecule has 2 atom stereocenters. The van der Waals surface area contributed by atoms with Crippen LogP contribution in [0.15, 0.2) is 12.1 Å². The van der Waals surface area contributed by atoms with Crippen LogP contribution in [0.25, 0.3) is 0 Å². The smallest absolute Gasteiger partial charge is 0.320 e. The Morgan fingerprint density at radius 3 is 2.70 bits per heavy atom. The molecule has 0 spiro atoms. The number of rotatable bonds is 4. The molecule has 0 bridgehead atoms. The number of aliphatic carboxylic acids is 1. The Hall–Kier alpha value is -1.87. The van der Waals surface area contributed by atoms with Crippen LogP contribution in [0, 0.1) is 5.41 Å². The van der Waals surface area contributed by atoms with E-state index in [-0.39, 0.29) is 18.2 Å². The van der Waals surface area contributed by atoms with Crippen LogP contribution in [-0.2, 0) is 27.2 Å². The van der Waals surface area contributed by atoms with Crippen LogP contribution in [0.5, 0.6) is 0 Å². The first-order valence-electron chi connectivity index (χ1n) is 11.7. The predicted octanol–water partition coefficient (Wildman–Crippen LogP) is 3.02. The van der Waals surface area contributed by atoms with Gasteiger partial charge in [-0.25, -0.2) is 4.79 Å². The number of carboxylic acid groups (broad SMARTS) is 1. The molecule has 182 valence electrons. The summed E-state index contributed by atoms with van der Waals surface area (Å²) in [5, 5.41) is 10.3. The number of halogens is 1. The molecule has 0 aromatic heterocycles. The Morgan fingerprint density at radius 2 is 1.97 bits per heavy atom. The van der Waals surface area contributed by atoms with Crippen LogP contribution in [0.1, 0.15) is 43.5 Å². The number of carboxylic acids is 1. The van der Waals surface area contributed by atoms with E-state index in [2.05, 4.69) is 4.90 Å². The van der Waals surface area contributed by atoms with E-state index >= 15 is 0 Å². The van der Waals surface area contributed by atoms with Gasteiger partial charge in [-0.2, -0.15) is 0 Å². The minimum Gasteiger partial charge on any atom is -0.481 e. The van der Waals surface area contributed by atoms with Crippen molar-refractivity contribution in [3.05, 3.63) is 33.8 Å². The van der Waals surface area contributed by atoms with Crippen LogP contribution < -0.4 is 0 Å². The van der Waals surface area contributed by atoms with Gasteiger partial charge in [0.1, 0.15) is 0 Å². The first kappa shape index (κ1) is 24.3. The number of nitrogens with zero attached hydrogens (tertiary/aromatic N) is 3. The fourth-order valence-electron chi connectivity index (χ4n) is 5.00. The Balaban J connectivity index is 1.60. The van der Waals surface area contributed by atoms with Crippen molar-refractivity contribution in [3.63, 3.8) is 0 Å². The number of hydrogen-bond donors (Lipinski definition) is 1. The molecule has 2 fully saturated rings. The monoisotopic (exact) mass is 479 g/mol. The SMILES string of the molecule is C[C@@H]1CN(C(=O)N2CCc3cc(Cl)cc([C@@H]4COCCN4CC(C)(C)C(=O)O)c3C2)CCO1. The fraction of sp³-hybridized carbons (Fsp3) is 0.667. The maximum Gasteiger partial charge on any atom is 0.320 e. The summed E-state index contributed by atoms with van der Waals surface area (Å²) in [6.07, 6.45) is 0.780. The molecule has 1 aromatic carbocycles. The normalized spacial score (nSPS) is 24.5. The van der Waals surface area contributed by atoms with Gasteiger partial charge in [-0.3, -0.25) is 9.69 Å². The summed E-state index contributed by atoms with van der Waals surface area (Å²) in [5.74, 6) is -0.822. The van der Waals surface area contributed by atoms with Crippen LogP contribution in [-0.4, -0.2) is 90.5 Å². The molecule has 4 rings (SSSR count). The Morgan fingerprint density at radius 1 is 1.18 bits per heavy atom. The lowest BCUT2D eigenvalue weighted by Gasteiger charge is -2.42. The lowest BCUT2D eigenvalue weighted by Crippen LogP contribution is -2.51. The van der Waals surface area contributed by atoms with Crippen molar-refractivity contribution in [3.8, 4) is 0 Å². The summed E-state index contributed by atoms with van der Waals surface area (Å²) in [7, 11) is 0. The molecule has 3 aliphatic heterocycles. The zero-order valence-electron chi connectivity index (χ0n) is 19.7. The summed E-state index contributed by atoms with van der Waals surface area (Å²) < 4.78 is 11.4. The lowest BCUT2D eigenvalue weighted by molar-refractivity contribution is -0.149. The summed E-state index contributed by atoms with van der Waals surface area (Å²) >= 11 is 6.51. The zero-order valence-corrected chi connectivity index (χ0v) is 20.4. The number of ether oxygens (including phenoxy) is 2. The number of carbonyl (C=O) groups excluding carboxylic acids is 1. The van der Waals surface area contributed by atoms with Crippen molar-refractivity contribution in [2.45, 2.75) is 45.9 Å². The van der Waals surface area contributed by atoms with E-state index in [9.17, 15) is 14.7 Å². The average molecular weight is 480 g/mol. The molecule has 1 aromatic rings. The molecule has 1 N–H and O–H groups in total. The summed E-state index contributed by atoms with van der Waals surface area (Å²) in [6, 6.07) is 3.89. The van der Waals surface area contributed by atoms with Crippen LogP contribution in [0.4, 0.5) is 4.79 Å². The van der Waals surface area contributed by atoms with Crippen molar-refractivity contribution in [1.29, 1.82) is 0 Å². The molecule has 2 saturated heterocycles. The second-order valence-electron chi connectivity index (χ2n) is 9.96. The highest BCUT2D eigenvalue weighted by molar-refractivity contribution is 6.30. The lowest BCUT2D eigenvalue weighted by atomic mass is 9.88. The molecule has 0 saturated carbocycles. The van der Waals surface area contributed by atoms with Crippen molar-refractivity contribution >= 4 is 23.6 Å². The standard InChI is InChI=1S/C24H34ClN3O5/c1-16-12-27(7-9-33-16)23(31)26-5-4-17-10-18(25)11-19(20(17)13-26)21-14-32-8-6-28(21)15-24(2,3)22(29)30/h10-11,16,21H,4-9,12-15H2,1-3H3,(H,29,30)/t16-,21+/m1/s1. The molecule has 33 heavy (non-hydrogen) atoms. The molecule has 0 unspecified atom stereocenters. The largest absolute Gasteiger partial charge is 0.481 e. The van der Waals surface area contributed by atoms with Gasteiger partial charge in [-0.05, 0) is 56.0 Å². The van der Waals surface area contributed by atoms with Gasteiger partial charge < -0.3 is 24.4 Å². The second kappa shape index (κ2) is 9.78. The van der Waals surface area contributed by atoms with Crippen LogP contribution >= 0.6 is 11.6 Å². The topological polar surface area (TPSA) is 82.6 Å². The first-order valence-corrected chi connectivity index (χ1v) is 12.1. The van der Waals surface area contributed by atoms with Crippen molar-refractivity contribution < 1.29 is 24.2 Å². The van der Waals surface area contributed by atoms with Crippen molar-refractivity contribution in [1.82, 2.24) is 14.7 Å². The van der Waals surface area contributed by atoms with Crippen LogP contribution in [0.2, 0.25) is 5.02 Å². The maximum absolute atomic E-state index is 13.3. The van der Waals surface area contributed by atoms with E-state index in [4.69, 9.17) is 21.1 Å². The van der Waals surface area contributed by atoms with E-state index < -0.39 is 11.4 Å². The van der Waals surface area contributed by atoms with Crippen molar-refractivity contribution in [2.24, 2.45) is 5.41 Å². The zero-order chi connectivity index (χ0) is 23.8. The number of morpholine rings is 2. The highest BCUT2D eigenvalue weighted by atomic mass is 35.5. The highest BCUT2D eigenvalue weighted by Crippen LogP contribution is 2.36. The third kappa shape index (κ3) is 5.29. The first-order chi connectivity index (χ1) is 15.7.